The summed E-state index contributed by atoms with van der Waals surface area (Å²) in [4.78, 5) is 0. The Bertz CT molecular complexity index is 636. The van der Waals surface area contributed by atoms with Gasteiger partial charge in [0.25, 0.3) is 0 Å². The third-order valence-corrected chi connectivity index (χ3v) is 3.95. The lowest BCUT2D eigenvalue weighted by Crippen LogP contribution is -1.90. The predicted octanol–water partition coefficient (Wildman–Crippen LogP) is 6.29. The van der Waals surface area contributed by atoms with E-state index >= 15 is 0 Å². The van der Waals surface area contributed by atoms with Crippen LogP contribution in [0.15, 0.2) is 54.6 Å². The van der Waals surface area contributed by atoms with Gasteiger partial charge in [0, 0.05) is 0 Å². The van der Waals surface area contributed by atoms with E-state index < -0.39 is 0 Å². The molecule has 0 aliphatic rings. The average Bonchev–Trinajstić information content (AvgIpc) is 2.66. The maximum absolute atomic E-state index is 7.26. The summed E-state index contributed by atoms with van der Waals surface area (Å²) in [7, 11) is 0. The van der Waals surface area contributed by atoms with Crippen molar-refractivity contribution in [3.63, 3.8) is 0 Å². The molecule has 0 heterocycles. The molecular weight excluding hydrogens is 292 g/mol. The van der Waals surface area contributed by atoms with Crippen LogP contribution in [0.4, 0.5) is 0 Å². The molecule has 0 aromatic heterocycles. The van der Waals surface area contributed by atoms with Crippen molar-refractivity contribution in [3.8, 4) is 23.3 Å². The van der Waals surface area contributed by atoms with Gasteiger partial charge in [0.15, 0.2) is 12.1 Å². The minimum Gasteiger partial charge on any atom is -0.181 e. The van der Waals surface area contributed by atoms with Crippen LogP contribution in [0.2, 0.25) is 0 Å². The first kappa shape index (κ1) is 19.5. The summed E-state index contributed by atoms with van der Waals surface area (Å²) in [5.41, 5.74) is 4.24. The lowest BCUT2D eigenvalue weighted by Gasteiger charge is -2.09. The van der Waals surface area contributed by atoms with E-state index in [0.29, 0.717) is 0 Å². The van der Waals surface area contributed by atoms with Gasteiger partial charge in [-0.25, -0.2) is 0 Å². The Morgan fingerprint density at radius 3 is 1.96 bits per heavy atom. The van der Waals surface area contributed by atoms with E-state index in [4.69, 9.17) is 10.5 Å². The van der Waals surface area contributed by atoms with Gasteiger partial charge in [0.1, 0.15) is 0 Å². The number of unbranched alkanes of at least 4 members (excludes halogenated alkanes) is 5. The van der Waals surface area contributed by atoms with Crippen LogP contribution in [0.25, 0.3) is 11.1 Å². The summed E-state index contributed by atoms with van der Waals surface area (Å²) >= 11 is 0. The fourth-order valence-electron chi connectivity index (χ4n) is 2.73. The van der Waals surface area contributed by atoms with E-state index in [0.717, 1.165) is 0 Å². The topological polar surface area (TPSA) is 47.6 Å². The molecule has 2 heteroatoms. The molecule has 0 fully saturated rings. The average molecular weight is 318 g/mol. The Morgan fingerprint density at radius 2 is 1.29 bits per heavy atom. The van der Waals surface area contributed by atoms with Crippen LogP contribution >= 0.6 is 0 Å². The van der Waals surface area contributed by atoms with Crippen molar-refractivity contribution in [3.05, 3.63) is 60.2 Å². The zero-order valence-electron chi connectivity index (χ0n) is 14.5. The van der Waals surface area contributed by atoms with E-state index in [9.17, 15) is 0 Å². The van der Waals surface area contributed by atoms with Gasteiger partial charge in [-0.2, -0.15) is 10.5 Å². The second kappa shape index (κ2) is 12.9. The van der Waals surface area contributed by atoms with Crippen LogP contribution in [0.3, 0.4) is 0 Å². The van der Waals surface area contributed by atoms with Crippen LogP contribution < -0.4 is 0 Å². The Hall–Kier alpha value is -2.58. The summed E-state index contributed by atoms with van der Waals surface area (Å²) < 4.78 is 0. The fraction of sp³-hybridized carbons (Fsp3) is 0.364. The van der Waals surface area contributed by atoms with Crippen molar-refractivity contribution in [1.29, 1.82) is 10.5 Å². The number of nitriles is 2. The van der Waals surface area contributed by atoms with Crippen LogP contribution in [-0.4, -0.2) is 0 Å². The van der Waals surface area contributed by atoms with Gasteiger partial charge in [-0.1, -0.05) is 93.6 Å². The largest absolute Gasteiger partial charge is 0.181 e. The first-order valence-corrected chi connectivity index (χ1v) is 8.75. The van der Waals surface area contributed by atoms with Crippen LogP contribution in [0.5, 0.6) is 0 Å². The molecule has 0 N–H and O–H groups in total. The molecule has 2 nitrogen and oxygen atoms in total. The molecule has 0 amide bonds. The molecule has 0 atom stereocenters. The quantitative estimate of drug-likeness (QED) is 0.537. The first-order valence-electron chi connectivity index (χ1n) is 8.75. The summed E-state index contributed by atoms with van der Waals surface area (Å²) in [6.07, 6.45) is 9.39. The van der Waals surface area contributed by atoms with E-state index in [-0.39, 0.29) is 0 Å². The van der Waals surface area contributed by atoms with Gasteiger partial charge in [-0.3, -0.25) is 0 Å². The summed E-state index contributed by atoms with van der Waals surface area (Å²) in [5.74, 6) is 0. The number of nitrogens with zero attached hydrogens (tertiary/aromatic N) is 2. The molecule has 0 spiro atoms. The number of hydrogen-bond acceptors (Lipinski definition) is 2. The Labute approximate surface area is 146 Å². The maximum Gasteiger partial charge on any atom is 0.181 e. The molecule has 0 radical (unpaired) electrons. The van der Waals surface area contributed by atoms with Crippen molar-refractivity contribution in [2.24, 2.45) is 0 Å². The van der Waals surface area contributed by atoms with Crippen LogP contribution in [0, 0.1) is 22.7 Å². The molecule has 124 valence electrons. The summed E-state index contributed by atoms with van der Waals surface area (Å²) in [6.45, 7) is 2.27. The van der Waals surface area contributed by atoms with E-state index in [1.165, 1.54) is 73.8 Å². The number of rotatable bonds is 8. The number of aryl methyl sites for hydroxylation is 1. The van der Waals surface area contributed by atoms with Crippen LogP contribution in [-0.2, 0) is 6.42 Å². The number of hydrogen-bond donors (Lipinski definition) is 0. The Kier molecular flexibility index (Phi) is 10.5. The minimum absolute atomic E-state index is 1.21. The van der Waals surface area contributed by atoms with Gasteiger partial charge in [-0.05, 0) is 29.5 Å². The smallest absolute Gasteiger partial charge is 0.181 e. The van der Waals surface area contributed by atoms with Gasteiger partial charge in [0.05, 0.1) is 0 Å². The Morgan fingerprint density at radius 1 is 0.708 bits per heavy atom. The van der Waals surface area contributed by atoms with Crippen molar-refractivity contribution in [1.82, 2.24) is 0 Å². The van der Waals surface area contributed by atoms with Crippen molar-refractivity contribution >= 4 is 0 Å². The second-order valence-electron chi connectivity index (χ2n) is 5.76. The highest BCUT2D eigenvalue weighted by atomic mass is 14.3. The Balaban J connectivity index is 0.000000648. The van der Waals surface area contributed by atoms with E-state index in [1.54, 1.807) is 0 Å². The highest BCUT2D eigenvalue weighted by Gasteiger charge is 2.03. The van der Waals surface area contributed by atoms with E-state index in [2.05, 4.69) is 61.5 Å². The monoisotopic (exact) mass is 318 g/mol. The molecule has 2 aromatic carbocycles. The summed E-state index contributed by atoms with van der Waals surface area (Å²) in [5, 5.41) is 14.5. The van der Waals surface area contributed by atoms with Crippen molar-refractivity contribution in [2.75, 3.05) is 0 Å². The minimum atomic E-state index is 1.21. The van der Waals surface area contributed by atoms with E-state index in [1.807, 2.05) is 0 Å². The molecule has 0 saturated carbocycles. The van der Waals surface area contributed by atoms with Gasteiger partial charge in [0.2, 0.25) is 0 Å². The van der Waals surface area contributed by atoms with Crippen molar-refractivity contribution < 1.29 is 0 Å². The standard InChI is InChI=1S/C20H26.C2N2/c1-2-3-4-5-6-8-13-19-16-11-12-17-20(19)18-14-9-7-10-15-18;3-1-2-4/h7,9-12,14-17H,2-6,8,13H2,1H3;. The fourth-order valence-corrected chi connectivity index (χ4v) is 2.73. The highest BCUT2D eigenvalue weighted by Crippen LogP contribution is 2.24. The van der Waals surface area contributed by atoms with Gasteiger partial charge < -0.3 is 0 Å². The SMILES string of the molecule is CCCCCCCCc1ccccc1-c1ccccc1.N#CC#N. The molecule has 0 unspecified atom stereocenters. The third-order valence-electron chi connectivity index (χ3n) is 3.95. The molecule has 0 aliphatic heterocycles. The molecule has 0 saturated heterocycles. The van der Waals surface area contributed by atoms with Gasteiger partial charge in [-0.15, -0.1) is 0 Å². The maximum atomic E-state index is 7.26. The molecular formula is C22H26N2. The molecule has 2 rings (SSSR count). The normalized spacial score (nSPS) is 9.29. The molecule has 2 aromatic rings. The first-order chi connectivity index (χ1) is 11.8. The van der Waals surface area contributed by atoms with Crippen molar-refractivity contribution in [2.45, 2.75) is 51.9 Å². The lowest BCUT2D eigenvalue weighted by molar-refractivity contribution is 0.608. The summed E-state index contributed by atoms with van der Waals surface area (Å²) in [6, 6.07) is 22.1. The number of benzene rings is 2. The second-order valence-corrected chi connectivity index (χ2v) is 5.76. The zero-order valence-corrected chi connectivity index (χ0v) is 14.5. The molecule has 0 bridgehead atoms. The van der Waals surface area contributed by atoms with Gasteiger partial charge >= 0.3 is 0 Å². The zero-order chi connectivity index (χ0) is 17.5. The lowest BCUT2D eigenvalue weighted by atomic mass is 9.96. The highest BCUT2D eigenvalue weighted by molar-refractivity contribution is 5.67. The third kappa shape index (κ3) is 7.61. The van der Waals surface area contributed by atoms with Crippen LogP contribution in [0.1, 0.15) is 51.0 Å². The predicted molar refractivity (Wildman–Crippen MR) is 100 cm³/mol. The molecule has 0 aliphatic carbocycles. The molecule has 24 heavy (non-hydrogen) atoms.